The third kappa shape index (κ3) is 9.05. The lowest BCUT2D eigenvalue weighted by Crippen LogP contribution is -1.92. The Hall–Kier alpha value is -6.56. The number of aromatic nitrogens is 10. The predicted octanol–water partition coefficient (Wildman–Crippen LogP) is 12.6. The number of nitrogens with one attached hydrogen (secondary N) is 2. The minimum atomic E-state index is 0.527. The fourth-order valence-electron chi connectivity index (χ4n) is 7.07. The minimum Gasteiger partial charge on any atom is -0.340 e. The van der Waals surface area contributed by atoms with Crippen LogP contribution in [0.1, 0.15) is 34.2 Å². The zero-order valence-electron chi connectivity index (χ0n) is 33.2. The van der Waals surface area contributed by atoms with Crippen LogP contribution in [0.2, 0.25) is 20.1 Å². The van der Waals surface area contributed by atoms with Crippen LogP contribution in [0.3, 0.4) is 0 Å². The number of fused-ring (bicyclic) bond motifs is 2. The fourth-order valence-corrected chi connectivity index (χ4v) is 7.87. The lowest BCUT2D eigenvalue weighted by atomic mass is 10.1. The van der Waals surface area contributed by atoms with Crippen molar-refractivity contribution in [3.63, 3.8) is 0 Å². The number of H-pyrrole nitrogens is 2. The van der Waals surface area contributed by atoms with Gasteiger partial charge in [0.05, 0.1) is 66.3 Å². The number of aryl methyl sites for hydroxylation is 2. The van der Waals surface area contributed by atoms with Crippen molar-refractivity contribution < 1.29 is 0 Å². The van der Waals surface area contributed by atoms with Crippen molar-refractivity contribution >= 4 is 68.5 Å². The van der Waals surface area contributed by atoms with Crippen molar-refractivity contribution in [1.29, 1.82) is 0 Å². The van der Waals surface area contributed by atoms with Gasteiger partial charge in [0.1, 0.15) is 11.6 Å². The van der Waals surface area contributed by atoms with E-state index in [1.54, 1.807) is 36.9 Å². The van der Waals surface area contributed by atoms with E-state index < -0.39 is 0 Å². The van der Waals surface area contributed by atoms with Gasteiger partial charge in [0.25, 0.3) is 0 Å². The second-order valence-corrected chi connectivity index (χ2v) is 16.2. The molecule has 0 aliphatic carbocycles. The lowest BCUT2D eigenvalue weighted by molar-refractivity contribution is 1.03. The highest BCUT2D eigenvalue weighted by Crippen LogP contribution is 2.34. The number of hydrogen-bond donors (Lipinski definition) is 2. The Morgan fingerprint density at radius 2 is 0.984 bits per heavy atom. The van der Waals surface area contributed by atoms with Crippen molar-refractivity contribution in [2.75, 3.05) is 0 Å². The number of pyridine rings is 2. The van der Waals surface area contributed by atoms with Gasteiger partial charge in [0.2, 0.25) is 0 Å². The van der Waals surface area contributed by atoms with Crippen LogP contribution in [-0.4, -0.2) is 49.8 Å². The molecule has 0 saturated heterocycles. The van der Waals surface area contributed by atoms with Crippen molar-refractivity contribution in [3.8, 4) is 45.3 Å². The summed E-state index contributed by atoms with van der Waals surface area (Å²) in [6.45, 7) is 3.95. The molecular formula is C48H34Cl4N10. The predicted molar refractivity (Wildman–Crippen MR) is 249 cm³/mol. The molecule has 10 nitrogen and oxygen atoms in total. The standard InChI is InChI=1S/2C24H17Cl2N5/c1-14-3-2-4-20(29-14)24-23(16-6-8-19-21(11-16)28-10-9-27-19)30-22(31-24)12-15-5-7-17(25)13-18(15)26;1-14-3-2-4-20(29-14)24-23(16-6-8-19-21(13-16)28-10-9-27-19)30-22(31-24)12-15-5-7-17(25)18(26)11-15/h2*2-11,13H,12H2,1H3,(H,30,31). The number of aromatic amines is 2. The summed E-state index contributed by atoms with van der Waals surface area (Å²) in [6.07, 6.45) is 7.88. The van der Waals surface area contributed by atoms with Crippen LogP contribution in [0.4, 0.5) is 0 Å². The summed E-state index contributed by atoms with van der Waals surface area (Å²) < 4.78 is 0. The molecule has 10 aromatic rings. The highest BCUT2D eigenvalue weighted by Gasteiger charge is 2.19. The normalized spacial score (nSPS) is 11.2. The Morgan fingerprint density at radius 1 is 0.452 bits per heavy atom. The van der Waals surface area contributed by atoms with Crippen LogP contribution in [0.25, 0.3) is 67.4 Å². The first kappa shape index (κ1) is 40.8. The maximum Gasteiger partial charge on any atom is 0.111 e. The molecule has 0 saturated carbocycles. The third-order valence-corrected chi connectivity index (χ3v) is 11.3. The first-order chi connectivity index (χ1) is 30.1. The minimum absolute atomic E-state index is 0.527. The first-order valence-corrected chi connectivity index (χ1v) is 21.0. The molecule has 14 heteroatoms. The van der Waals surface area contributed by atoms with E-state index in [1.807, 2.05) is 111 Å². The van der Waals surface area contributed by atoms with E-state index in [-0.39, 0.29) is 0 Å². The van der Waals surface area contributed by atoms with Crippen LogP contribution in [0.15, 0.2) is 134 Å². The van der Waals surface area contributed by atoms with Gasteiger partial charge in [0.15, 0.2) is 0 Å². The monoisotopic (exact) mass is 890 g/mol. The Balaban J connectivity index is 0.000000158. The van der Waals surface area contributed by atoms with Crippen molar-refractivity contribution in [1.82, 2.24) is 49.8 Å². The van der Waals surface area contributed by atoms with Crippen LogP contribution in [0.5, 0.6) is 0 Å². The molecule has 0 unspecified atom stereocenters. The largest absolute Gasteiger partial charge is 0.340 e. The molecule has 2 N–H and O–H groups in total. The molecule has 0 fully saturated rings. The summed E-state index contributed by atoms with van der Waals surface area (Å²) in [7, 11) is 0. The summed E-state index contributed by atoms with van der Waals surface area (Å²) in [5, 5.41) is 2.28. The zero-order chi connectivity index (χ0) is 42.7. The molecule has 6 heterocycles. The van der Waals surface area contributed by atoms with Gasteiger partial charge in [-0.3, -0.25) is 29.9 Å². The van der Waals surface area contributed by atoms with E-state index in [4.69, 9.17) is 66.3 Å². The van der Waals surface area contributed by atoms with Gasteiger partial charge in [-0.25, -0.2) is 9.97 Å². The summed E-state index contributed by atoms with van der Waals surface area (Å²) in [5.41, 5.74) is 14.0. The highest BCUT2D eigenvalue weighted by atomic mass is 35.5. The van der Waals surface area contributed by atoms with Crippen LogP contribution >= 0.6 is 46.4 Å². The number of rotatable bonds is 8. The van der Waals surface area contributed by atoms with Crippen LogP contribution in [0, 0.1) is 13.8 Å². The van der Waals surface area contributed by atoms with Crippen LogP contribution in [-0.2, 0) is 12.8 Å². The highest BCUT2D eigenvalue weighted by molar-refractivity contribution is 6.42. The maximum atomic E-state index is 6.39. The topological polar surface area (TPSA) is 135 Å². The van der Waals surface area contributed by atoms with Gasteiger partial charge < -0.3 is 9.97 Å². The number of nitrogens with zero attached hydrogens (tertiary/aromatic N) is 8. The molecule has 0 aliphatic heterocycles. The SMILES string of the molecule is Cc1cccc(-c2[nH]c(Cc3ccc(Cl)c(Cl)c3)nc2-c2ccc3nccnc3c2)n1.Cc1cccc(-c2[nH]c(Cc3ccc(Cl)cc3Cl)nc2-c2ccc3nccnc3c2)n1. The van der Waals surface area contributed by atoms with E-state index in [0.29, 0.717) is 32.9 Å². The molecule has 0 amide bonds. The van der Waals surface area contributed by atoms with Crippen molar-refractivity contribution in [2.24, 2.45) is 0 Å². The molecule has 6 aromatic heterocycles. The zero-order valence-corrected chi connectivity index (χ0v) is 36.2. The van der Waals surface area contributed by atoms with E-state index in [0.717, 1.165) is 102 Å². The number of halogens is 4. The molecule has 4 aromatic carbocycles. The summed E-state index contributed by atoms with van der Waals surface area (Å²) in [4.78, 5) is 43.7. The lowest BCUT2D eigenvalue weighted by Gasteiger charge is -2.04. The maximum absolute atomic E-state index is 6.39. The van der Waals surface area contributed by atoms with E-state index >= 15 is 0 Å². The Bertz CT molecular complexity index is 3250. The molecular weight excluding hydrogens is 858 g/mol. The van der Waals surface area contributed by atoms with Gasteiger partial charge in [-0.05, 0) is 97.8 Å². The molecule has 0 radical (unpaired) electrons. The average molecular weight is 893 g/mol. The summed E-state index contributed by atoms with van der Waals surface area (Å²) in [5.74, 6) is 1.60. The molecule has 0 atom stereocenters. The second-order valence-electron chi connectivity index (χ2n) is 14.5. The van der Waals surface area contributed by atoms with E-state index in [9.17, 15) is 0 Å². The molecule has 304 valence electrons. The molecule has 62 heavy (non-hydrogen) atoms. The van der Waals surface area contributed by atoms with Gasteiger partial charge in [-0.1, -0.05) is 82.8 Å². The van der Waals surface area contributed by atoms with Crippen molar-refractivity contribution in [2.45, 2.75) is 26.7 Å². The number of imidazole rings is 2. The molecule has 0 spiro atoms. The van der Waals surface area contributed by atoms with E-state index in [1.165, 1.54) is 0 Å². The van der Waals surface area contributed by atoms with Gasteiger partial charge in [-0.2, -0.15) is 0 Å². The van der Waals surface area contributed by atoms with Crippen molar-refractivity contribution in [3.05, 3.63) is 188 Å². The number of hydrogen-bond acceptors (Lipinski definition) is 8. The summed E-state index contributed by atoms with van der Waals surface area (Å²) >= 11 is 24.7. The Kier molecular flexibility index (Phi) is 11.7. The number of benzene rings is 4. The van der Waals surface area contributed by atoms with E-state index in [2.05, 4.69) is 29.9 Å². The Morgan fingerprint density at radius 3 is 1.50 bits per heavy atom. The average Bonchev–Trinajstić information content (AvgIpc) is 3.91. The molecule has 10 rings (SSSR count). The smallest absolute Gasteiger partial charge is 0.111 e. The quantitative estimate of drug-likeness (QED) is 0.154. The fraction of sp³-hybridized carbons (Fsp3) is 0.0833. The third-order valence-electron chi connectivity index (χ3n) is 10.0. The molecule has 0 aliphatic rings. The van der Waals surface area contributed by atoms with Gasteiger partial charge >= 0.3 is 0 Å². The Labute approximate surface area is 376 Å². The molecule has 0 bridgehead atoms. The van der Waals surface area contributed by atoms with Gasteiger partial charge in [0, 0.05) is 70.2 Å². The van der Waals surface area contributed by atoms with Crippen LogP contribution < -0.4 is 0 Å². The van der Waals surface area contributed by atoms with Gasteiger partial charge in [-0.15, -0.1) is 0 Å². The summed E-state index contributed by atoms with van der Waals surface area (Å²) in [6, 6.07) is 34.9. The second kappa shape index (κ2) is 17.8. The first-order valence-electron chi connectivity index (χ1n) is 19.5.